The Morgan fingerprint density at radius 2 is 1.72 bits per heavy atom. The predicted molar refractivity (Wildman–Crippen MR) is 78.4 cm³/mol. The van der Waals surface area contributed by atoms with Gasteiger partial charge in [-0.25, -0.2) is 0 Å². The first-order valence-electron chi connectivity index (χ1n) is 6.73. The van der Waals surface area contributed by atoms with Gasteiger partial charge in [0.1, 0.15) is 0 Å². The van der Waals surface area contributed by atoms with E-state index in [4.69, 9.17) is 0 Å². The molecular weight excluding hydrogens is 246 g/mol. The van der Waals surface area contributed by atoms with Crippen LogP contribution < -0.4 is 0 Å². The van der Waals surface area contributed by atoms with E-state index in [9.17, 15) is 5.11 Å². The molecule has 102 valence electrons. The standard InChI is InChI=1S/C15H23NO.ClH/c1-13(14-8-4-2-5-9-14)15(12-17)16-10-6-3-7-11-16;/h2,4-5,8-9,13,15,17H,3,6-7,10-12H2,1H3;1H. The maximum atomic E-state index is 9.67. The van der Waals surface area contributed by atoms with Gasteiger partial charge in [-0.15, -0.1) is 12.4 Å². The van der Waals surface area contributed by atoms with E-state index in [1.54, 1.807) is 0 Å². The van der Waals surface area contributed by atoms with Crippen molar-refractivity contribution in [1.82, 2.24) is 4.90 Å². The molecule has 1 fully saturated rings. The first-order valence-corrected chi connectivity index (χ1v) is 6.73. The lowest BCUT2D eigenvalue weighted by Crippen LogP contribution is -2.44. The van der Waals surface area contributed by atoms with Crippen LogP contribution in [-0.2, 0) is 0 Å². The van der Waals surface area contributed by atoms with Gasteiger partial charge in [0, 0.05) is 6.04 Å². The highest BCUT2D eigenvalue weighted by Crippen LogP contribution is 2.25. The minimum absolute atomic E-state index is 0. The zero-order chi connectivity index (χ0) is 12.1. The number of likely N-dealkylation sites (tertiary alicyclic amines) is 1. The van der Waals surface area contributed by atoms with Crippen LogP contribution in [0.4, 0.5) is 0 Å². The molecule has 0 saturated carbocycles. The number of hydrogen-bond donors (Lipinski definition) is 1. The van der Waals surface area contributed by atoms with E-state index in [2.05, 4.69) is 36.1 Å². The maximum Gasteiger partial charge on any atom is 0.0592 e. The van der Waals surface area contributed by atoms with E-state index in [1.807, 2.05) is 6.07 Å². The second kappa shape index (κ2) is 7.78. The van der Waals surface area contributed by atoms with Crippen molar-refractivity contribution in [3.8, 4) is 0 Å². The molecule has 1 saturated heterocycles. The first-order chi connectivity index (χ1) is 8.33. The van der Waals surface area contributed by atoms with Gasteiger partial charge >= 0.3 is 0 Å². The Morgan fingerprint density at radius 3 is 2.28 bits per heavy atom. The second-order valence-electron chi connectivity index (χ2n) is 5.05. The third kappa shape index (κ3) is 3.71. The lowest BCUT2D eigenvalue weighted by molar-refractivity contribution is 0.0894. The van der Waals surface area contributed by atoms with Gasteiger partial charge in [0.05, 0.1) is 6.61 Å². The molecule has 3 heteroatoms. The molecule has 1 heterocycles. The smallest absolute Gasteiger partial charge is 0.0592 e. The Hall–Kier alpha value is -0.570. The second-order valence-corrected chi connectivity index (χ2v) is 5.05. The minimum Gasteiger partial charge on any atom is -0.395 e. The summed E-state index contributed by atoms with van der Waals surface area (Å²) < 4.78 is 0. The van der Waals surface area contributed by atoms with Crippen LogP contribution in [0, 0.1) is 0 Å². The third-order valence-electron chi connectivity index (χ3n) is 3.95. The Kier molecular flexibility index (Phi) is 6.69. The minimum atomic E-state index is 0. The van der Waals surface area contributed by atoms with Crippen molar-refractivity contribution in [2.45, 2.75) is 38.1 Å². The summed E-state index contributed by atoms with van der Waals surface area (Å²) >= 11 is 0. The number of piperidine rings is 1. The van der Waals surface area contributed by atoms with E-state index in [1.165, 1.54) is 24.8 Å². The van der Waals surface area contributed by atoms with Crippen LogP contribution in [0.25, 0.3) is 0 Å². The highest BCUT2D eigenvalue weighted by Gasteiger charge is 2.25. The molecule has 0 aromatic heterocycles. The van der Waals surface area contributed by atoms with Gasteiger partial charge in [-0.1, -0.05) is 43.7 Å². The molecule has 18 heavy (non-hydrogen) atoms. The van der Waals surface area contributed by atoms with Crippen LogP contribution in [0.15, 0.2) is 30.3 Å². The van der Waals surface area contributed by atoms with Crippen LogP contribution in [-0.4, -0.2) is 35.7 Å². The Labute approximate surface area is 116 Å². The zero-order valence-corrected chi connectivity index (χ0v) is 11.9. The molecule has 1 aliphatic heterocycles. The highest BCUT2D eigenvalue weighted by molar-refractivity contribution is 5.85. The van der Waals surface area contributed by atoms with Crippen molar-refractivity contribution in [2.24, 2.45) is 0 Å². The largest absolute Gasteiger partial charge is 0.395 e. The van der Waals surface area contributed by atoms with Gasteiger partial charge in [0.2, 0.25) is 0 Å². The Balaban J connectivity index is 0.00000162. The Morgan fingerprint density at radius 1 is 1.11 bits per heavy atom. The summed E-state index contributed by atoms with van der Waals surface area (Å²) in [5, 5.41) is 9.67. The van der Waals surface area contributed by atoms with Crippen molar-refractivity contribution in [2.75, 3.05) is 19.7 Å². The van der Waals surface area contributed by atoms with Gasteiger partial charge in [-0.3, -0.25) is 4.90 Å². The lowest BCUT2D eigenvalue weighted by Gasteiger charge is -2.37. The zero-order valence-electron chi connectivity index (χ0n) is 11.1. The summed E-state index contributed by atoms with van der Waals surface area (Å²) in [6.07, 6.45) is 3.89. The quantitative estimate of drug-likeness (QED) is 0.908. The summed E-state index contributed by atoms with van der Waals surface area (Å²) in [7, 11) is 0. The summed E-state index contributed by atoms with van der Waals surface area (Å²) in [5.74, 6) is 0.402. The van der Waals surface area contributed by atoms with Crippen LogP contribution in [0.3, 0.4) is 0 Å². The van der Waals surface area contributed by atoms with E-state index < -0.39 is 0 Å². The molecule has 0 bridgehead atoms. The summed E-state index contributed by atoms with van der Waals surface area (Å²) in [6, 6.07) is 10.8. The fourth-order valence-corrected chi connectivity index (χ4v) is 2.82. The fourth-order valence-electron chi connectivity index (χ4n) is 2.82. The van der Waals surface area contributed by atoms with Crippen molar-refractivity contribution >= 4 is 12.4 Å². The first kappa shape index (κ1) is 15.5. The van der Waals surface area contributed by atoms with E-state index in [0.717, 1.165) is 13.1 Å². The molecular formula is C15H24ClNO. The van der Waals surface area contributed by atoms with Crippen LogP contribution in [0.5, 0.6) is 0 Å². The van der Waals surface area contributed by atoms with E-state index >= 15 is 0 Å². The van der Waals surface area contributed by atoms with Crippen LogP contribution in [0.2, 0.25) is 0 Å². The number of rotatable bonds is 4. The molecule has 1 aromatic carbocycles. The topological polar surface area (TPSA) is 23.5 Å². The monoisotopic (exact) mass is 269 g/mol. The van der Waals surface area contributed by atoms with E-state index in [-0.39, 0.29) is 25.1 Å². The van der Waals surface area contributed by atoms with Gasteiger partial charge in [-0.05, 0) is 37.4 Å². The molecule has 1 aliphatic rings. The lowest BCUT2D eigenvalue weighted by atomic mass is 9.91. The van der Waals surface area contributed by atoms with Crippen molar-refractivity contribution < 1.29 is 5.11 Å². The van der Waals surface area contributed by atoms with Gasteiger partial charge in [0.15, 0.2) is 0 Å². The molecule has 0 spiro atoms. The average Bonchev–Trinajstić information content (AvgIpc) is 2.42. The SMILES string of the molecule is CC(c1ccccc1)C(CO)N1CCCCC1.Cl. The molecule has 0 radical (unpaired) electrons. The predicted octanol–water partition coefficient (Wildman–Crippen LogP) is 3.06. The molecule has 0 aliphatic carbocycles. The van der Waals surface area contributed by atoms with E-state index in [0.29, 0.717) is 5.92 Å². The van der Waals surface area contributed by atoms with Crippen molar-refractivity contribution in [3.63, 3.8) is 0 Å². The maximum absolute atomic E-state index is 9.67. The normalized spacial score (nSPS) is 19.9. The molecule has 2 atom stereocenters. The highest BCUT2D eigenvalue weighted by atomic mass is 35.5. The van der Waals surface area contributed by atoms with Gasteiger partial charge in [-0.2, -0.15) is 0 Å². The summed E-state index contributed by atoms with van der Waals surface area (Å²) in [4.78, 5) is 2.46. The third-order valence-corrected chi connectivity index (χ3v) is 3.95. The summed E-state index contributed by atoms with van der Waals surface area (Å²) in [6.45, 7) is 4.77. The number of halogens is 1. The van der Waals surface area contributed by atoms with Crippen LogP contribution >= 0.6 is 12.4 Å². The molecule has 1 N–H and O–H groups in total. The fraction of sp³-hybridized carbons (Fsp3) is 0.600. The average molecular weight is 270 g/mol. The molecule has 2 nitrogen and oxygen atoms in total. The number of aliphatic hydroxyl groups excluding tert-OH is 1. The number of nitrogens with zero attached hydrogens (tertiary/aromatic N) is 1. The molecule has 2 rings (SSSR count). The van der Waals surface area contributed by atoms with Gasteiger partial charge < -0.3 is 5.11 Å². The molecule has 1 aromatic rings. The van der Waals surface area contributed by atoms with Crippen molar-refractivity contribution in [1.29, 1.82) is 0 Å². The molecule has 0 amide bonds. The Bertz CT molecular complexity index is 325. The van der Waals surface area contributed by atoms with Crippen LogP contribution in [0.1, 0.15) is 37.7 Å². The number of hydrogen-bond acceptors (Lipinski definition) is 2. The number of benzene rings is 1. The van der Waals surface area contributed by atoms with Crippen molar-refractivity contribution in [3.05, 3.63) is 35.9 Å². The number of aliphatic hydroxyl groups is 1. The summed E-state index contributed by atoms with van der Waals surface area (Å²) in [5.41, 5.74) is 1.33. The van der Waals surface area contributed by atoms with Gasteiger partial charge in [0.25, 0.3) is 0 Å². The molecule has 2 unspecified atom stereocenters.